The number of amides is 1. The molecule has 0 saturated heterocycles. The SMILES string of the molecule is Cc1ccc(CNC(=O)COc2ccccc2[N+](=O)[O-])c(C)c1. The first-order valence-electron chi connectivity index (χ1n) is 7.16. The highest BCUT2D eigenvalue weighted by Crippen LogP contribution is 2.25. The number of hydrogen-bond donors (Lipinski definition) is 1. The standard InChI is InChI=1S/C17H18N2O4/c1-12-7-8-14(13(2)9-12)10-18-17(20)11-23-16-6-4-3-5-15(16)19(21)22/h3-9H,10-11H2,1-2H3,(H,18,20). The van der Waals surface area contributed by atoms with Crippen molar-refractivity contribution in [1.82, 2.24) is 5.32 Å². The molecule has 6 nitrogen and oxygen atoms in total. The lowest BCUT2D eigenvalue weighted by atomic mass is 10.1. The second-order valence-electron chi connectivity index (χ2n) is 5.22. The zero-order chi connectivity index (χ0) is 16.8. The summed E-state index contributed by atoms with van der Waals surface area (Å²) in [7, 11) is 0. The van der Waals surface area contributed by atoms with E-state index in [0.29, 0.717) is 6.54 Å². The van der Waals surface area contributed by atoms with E-state index in [4.69, 9.17) is 4.74 Å². The number of carbonyl (C=O) groups excluding carboxylic acids is 1. The van der Waals surface area contributed by atoms with Crippen molar-refractivity contribution in [2.75, 3.05) is 6.61 Å². The highest BCUT2D eigenvalue weighted by atomic mass is 16.6. The van der Waals surface area contributed by atoms with Crippen molar-refractivity contribution in [1.29, 1.82) is 0 Å². The molecule has 0 fully saturated rings. The Balaban J connectivity index is 1.90. The van der Waals surface area contributed by atoms with Gasteiger partial charge >= 0.3 is 5.69 Å². The number of ether oxygens (including phenoxy) is 1. The van der Waals surface area contributed by atoms with Crippen LogP contribution in [0, 0.1) is 24.0 Å². The molecule has 0 bridgehead atoms. The van der Waals surface area contributed by atoms with Crippen LogP contribution in [-0.2, 0) is 11.3 Å². The molecule has 23 heavy (non-hydrogen) atoms. The Labute approximate surface area is 134 Å². The van der Waals surface area contributed by atoms with Crippen LogP contribution in [0.4, 0.5) is 5.69 Å². The molecule has 0 aromatic heterocycles. The Hall–Kier alpha value is -2.89. The Morgan fingerprint density at radius 3 is 2.65 bits per heavy atom. The van der Waals surface area contributed by atoms with Crippen molar-refractivity contribution in [3.05, 3.63) is 69.3 Å². The number of nitrogens with one attached hydrogen (secondary N) is 1. The Morgan fingerprint density at radius 2 is 1.96 bits per heavy atom. The van der Waals surface area contributed by atoms with Crippen LogP contribution in [0.25, 0.3) is 0 Å². The summed E-state index contributed by atoms with van der Waals surface area (Å²) in [6.07, 6.45) is 0. The first kappa shape index (κ1) is 16.5. The molecular weight excluding hydrogens is 296 g/mol. The van der Waals surface area contributed by atoms with Crippen molar-refractivity contribution in [3.63, 3.8) is 0 Å². The molecule has 0 unspecified atom stereocenters. The number of nitro groups is 1. The van der Waals surface area contributed by atoms with Crippen LogP contribution < -0.4 is 10.1 Å². The van der Waals surface area contributed by atoms with E-state index in [1.165, 1.54) is 12.1 Å². The van der Waals surface area contributed by atoms with Gasteiger partial charge in [-0.05, 0) is 31.0 Å². The third-order valence-corrected chi connectivity index (χ3v) is 3.39. The van der Waals surface area contributed by atoms with Crippen LogP contribution in [0.2, 0.25) is 0 Å². The third kappa shape index (κ3) is 4.54. The summed E-state index contributed by atoms with van der Waals surface area (Å²) < 4.78 is 5.24. The Morgan fingerprint density at radius 1 is 1.22 bits per heavy atom. The minimum absolute atomic E-state index is 0.0826. The number of para-hydroxylation sites is 2. The molecule has 0 spiro atoms. The van der Waals surface area contributed by atoms with E-state index in [0.717, 1.165) is 16.7 Å². The summed E-state index contributed by atoms with van der Waals surface area (Å²) in [6, 6.07) is 12.0. The first-order chi connectivity index (χ1) is 11.0. The van der Waals surface area contributed by atoms with Crippen LogP contribution in [0.1, 0.15) is 16.7 Å². The largest absolute Gasteiger partial charge is 0.477 e. The Kier molecular flexibility index (Phi) is 5.30. The van der Waals surface area contributed by atoms with Crippen LogP contribution in [0.3, 0.4) is 0 Å². The van der Waals surface area contributed by atoms with Gasteiger partial charge in [-0.15, -0.1) is 0 Å². The van der Waals surface area contributed by atoms with Crippen molar-refractivity contribution < 1.29 is 14.5 Å². The van der Waals surface area contributed by atoms with E-state index < -0.39 is 4.92 Å². The van der Waals surface area contributed by atoms with Gasteiger partial charge in [0.25, 0.3) is 5.91 Å². The maximum absolute atomic E-state index is 11.8. The minimum Gasteiger partial charge on any atom is -0.477 e. The fourth-order valence-electron chi connectivity index (χ4n) is 2.16. The van der Waals surface area contributed by atoms with Gasteiger partial charge in [-0.2, -0.15) is 0 Å². The summed E-state index contributed by atoms with van der Waals surface area (Å²) in [4.78, 5) is 22.2. The molecule has 2 aromatic carbocycles. The van der Waals surface area contributed by atoms with E-state index >= 15 is 0 Å². The van der Waals surface area contributed by atoms with Gasteiger partial charge < -0.3 is 10.1 Å². The highest BCUT2D eigenvalue weighted by molar-refractivity contribution is 5.77. The summed E-state index contributed by atoms with van der Waals surface area (Å²) in [6.45, 7) is 4.12. The normalized spacial score (nSPS) is 10.2. The molecule has 0 aliphatic carbocycles. The van der Waals surface area contributed by atoms with Gasteiger partial charge in [-0.1, -0.05) is 35.9 Å². The molecule has 6 heteroatoms. The predicted molar refractivity (Wildman–Crippen MR) is 86.4 cm³/mol. The molecule has 120 valence electrons. The second-order valence-corrected chi connectivity index (χ2v) is 5.22. The molecule has 1 amide bonds. The van der Waals surface area contributed by atoms with Crippen molar-refractivity contribution in [2.45, 2.75) is 20.4 Å². The number of nitrogens with zero attached hydrogens (tertiary/aromatic N) is 1. The summed E-state index contributed by atoms with van der Waals surface area (Å²) in [5, 5.41) is 13.6. The number of nitro benzene ring substituents is 1. The minimum atomic E-state index is -0.539. The molecule has 0 aliphatic rings. The molecular formula is C17H18N2O4. The smallest absolute Gasteiger partial charge is 0.310 e. The van der Waals surface area contributed by atoms with E-state index in [1.54, 1.807) is 12.1 Å². The monoisotopic (exact) mass is 314 g/mol. The second kappa shape index (κ2) is 7.40. The molecule has 0 radical (unpaired) electrons. The molecule has 1 N–H and O–H groups in total. The van der Waals surface area contributed by atoms with Gasteiger partial charge in [-0.25, -0.2) is 0 Å². The summed E-state index contributed by atoms with van der Waals surface area (Å²) in [5.74, 6) is -0.248. The summed E-state index contributed by atoms with van der Waals surface area (Å²) in [5.41, 5.74) is 3.13. The van der Waals surface area contributed by atoms with E-state index in [9.17, 15) is 14.9 Å². The zero-order valence-electron chi connectivity index (χ0n) is 13.0. The van der Waals surface area contributed by atoms with Gasteiger partial charge in [0.1, 0.15) is 0 Å². The molecule has 0 saturated carbocycles. The Bertz CT molecular complexity index is 728. The van der Waals surface area contributed by atoms with Gasteiger partial charge in [-0.3, -0.25) is 14.9 Å². The van der Waals surface area contributed by atoms with Crippen molar-refractivity contribution in [2.24, 2.45) is 0 Å². The average molecular weight is 314 g/mol. The molecule has 2 rings (SSSR count). The lowest BCUT2D eigenvalue weighted by molar-refractivity contribution is -0.385. The zero-order valence-corrected chi connectivity index (χ0v) is 13.0. The molecule has 0 atom stereocenters. The van der Waals surface area contributed by atoms with Crippen LogP contribution in [0.5, 0.6) is 5.75 Å². The quantitative estimate of drug-likeness (QED) is 0.656. The topological polar surface area (TPSA) is 81.5 Å². The molecule has 0 aliphatic heterocycles. The van der Waals surface area contributed by atoms with Gasteiger partial charge in [0.15, 0.2) is 12.4 Å². The predicted octanol–water partition coefficient (Wildman–Crippen LogP) is 2.91. The number of carbonyl (C=O) groups is 1. The maximum atomic E-state index is 11.8. The third-order valence-electron chi connectivity index (χ3n) is 3.39. The van der Waals surface area contributed by atoms with E-state index in [-0.39, 0.29) is 24.0 Å². The van der Waals surface area contributed by atoms with Crippen molar-refractivity contribution >= 4 is 11.6 Å². The van der Waals surface area contributed by atoms with E-state index in [2.05, 4.69) is 5.32 Å². The summed E-state index contributed by atoms with van der Waals surface area (Å²) >= 11 is 0. The van der Waals surface area contributed by atoms with Gasteiger partial charge in [0.2, 0.25) is 0 Å². The molecule has 0 heterocycles. The lowest BCUT2D eigenvalue weighted by Gasteiger charge is -2.10. The van der Waals surface area contributed by atoms with Gasteiger partial charge in [0, 0.05) is 12.6 Å². The number of rotatable bonds is 6. The number of aryl methyl sites for hydroxylation is 2. The van der Waals surface area contributed by atoms with Crippen LogP contribution in [0.15, 0.2) is 42.5 Å². The first-order valence-corrected chi connectivity index (χ1v) is 7.16. The number of benzene rings is 2. The number of hydrogen-bond acceptors (Lipinski definition) is 4. The van der Waals surface area contributed by atoms with E-state index in [1.807, 2.05) is 32.0 Å². The highest BCUT2D eigenvalue weighted by Gasteiger charge is 2.14. The fraction of sp³-hybridized carbons (Fsp3) is 0.235. The van der Waals surface area contributed by atoms with Crippen LogP contribution >= 0.6 is 0 Å². The van der Waals surface area contributed by atoms with Gasteiger partial charge in [0.05, 0.1) is 4.92 Å². The molecule has 2 aromatic rings. The van der Waals surface area contributed by atoms with Crippen LogP contribution in [-0.4, -0.2) is 17.4 Å². The average Bonchev–Trinajstić information content (AvgIpc) is 2.52. The van der Waals surface area contributed by atoms with Crippen molar-refractivity contribution in [3.8, 4) is 5.75 Å². The maximum Gasteiger partial charge on any atom is 0.310 e. The fourth-order valence-corrected chi connectivity index (χ4v) is 2.16. The lowest BCUT2D eigenvalue weighted by Crippen LogP contribution is -2.28.